The number of piperazine rings is 1. The Hall–Kier alpha value is -1.73. The summed E-state index contributed by atoms with van der Waals surface area (Å²) < 4.78 is 12.1. The van der Waals surface area contributed by atoms with Crippen molar-refractivity contribution in [3.05, 3.63) is 53.6 Å². The molecule has 0 bridgehead atoms. The van der Waals surface area contributed by atoms with Crippen molar-refractivity contribution in [1.82, 2.24) is 4.90 Å². The molecule has 1 N–H and O–H groups in total. The lowest BCUT2D eigenvalue weighted by molar-refractivity contribution is 0.0663. The van der Waals surface area contributed by atoms with Crippen molar-refractivity contribution >= 4 is 25.6 Å². The predicted molar refractivity (Wildman–Crippen MR) is 136 cm³/mol. The molecule has 0 spiro atoms. The average molecular weight is 477 g/mol. The van der Waals surface area contributed by atoms with Crippen LogP contribution in [0.3, 0.4) is 0 Å². The number of benzene rings is 2. The highest BCUT2D eigenvalue weighted by molar-refractivity contribution is 6.74. The molecule has 1 heterocycles. The number of hydrogen-bond donors (Lipinski definition) is 1. The third-order valence-corrected chi connectivity index (χ3v) is 11.1. The van der Waals surface area contributed by atoms with Crippen LogP contribution >= 0.6 is 11.6 Å². The second-order valence-corrected chi connectivity index (χ2v) is 15.2. The van der Waals surface area contributed by atoms with Gasteiger partial charge in [-0.15, -0.1) is 0 Å². The van der Waals surface area contributed by atoms with Crippen molar-refractivity contribution in [3.63, 3.8) is 0 Å². The van der Waals surface area contributed by atoms with Gasteiger partial charge < -0.3 is 19.2 Å². The fourth-order valence-electron chi connectivity index (χ4n) is 3.44. The molecule has 32 heavy (non-hydrogen) atoms. The van der Waals surface area contributed by atoms with Crippen molar-refractivity contribution in [2.75, 3.05) is 44.2 Å². The van der Waals surface area contributed by atoms with Gasteiger partial charge in [0.25, 0.3) is 0 Å². The van der Waals surface area contributed by atoms with Gasteiger partial charge in [0.15, 0.2) is 0 Å². The summed E-state index contributed by atoms with van der Waals surface area (Å²) in [6.07, 6.45) is -0.528. The molecule has 2 aromatic rings. The van der Waals surface area contributed by atoms with Gasteiger partial charge in [-0.3, -0.25) is 4.90 Å². The number of nitrogens with zero attached hydrogens (tertiary/aromatic N) is 2. The lowest BCUT2D eigenvalue weighted by Gasteiger charge is -2.37. The summed E-state index contributed by atoms with van der Waals surface area (Å²) in [5.74, 6) is 1.63. The minimum Gasteiger partial charge on any atom is -0.543 e. The Kier molecular flexibility index (Phi) is 8.14. The van der Waals surface area contributed by atoms with E-state index < -0.39 is 14.4 Å². The lowest BCUT2D eigenvalue weighted by atomic mass is 10.2. The number of β-amino-alcohol motifs (C(OH)–C–C–N with tert-alkyl or cyclic N) is 1. The van der Waals surface area contributed by atoms with Crippen LogP contribution in [0.2, 0.25) is 23.2 Å². The molecule has 1 fully saturated rings. The maximum absolute atomic E-state index is 10.5. The van der Waals surface area contributed by atoms with Gasteiger partial charge in [0.1, 0.15) is 24.2 Å². The van der Waals surface area contributed by atoms with Crippen LogP contribution in [0.25, 0.3) is 0 Å². The van der Waals surface area contributed by atoms with Crippen molar-refractivity contribution in [3.8, 4) is 11.5 Å². The topological polar surface area (TPSA) is 45.2 Å². The van der Waals surface area contributed by atoms with Gasteiger partial charge >= 0.3 is 0 Å². The van der Waals surface area contributed by atoms with E-state index in [1.807, 2.05) is 36.4 Å². The van der Waals surface area contributed by atoms with E-state index in [1.54, 1.807) is 0 Å². The van der Waals surface area contributed by atoms with E-state index in [0.717, 1.165) is 42.7 Å². The number of anilines is 1. The van der Waals surface area contributed by atoms with Crippen LogP contribution in [0.5, 0.6) is 11.5 Å². The Morgan fingerprint density at radius 1 is 0.938 bits per heavy atom. The maximum atomic E-state index is 10.5. The SMILES string of the molecule is CC(C)(C)[Si](C)(C)Oc1ccc(OCC(O)CN2CCN(c3ccc(Cl)cc3)CC2)cc1. The highest BCUT2D eigenvalue weighted by atomic mass is 35.5. The zero-order chi connectivity index (χ0) is 23.4. The summed E-state index contributed by atoms with van der Waals surface area (Å²) in [7, 11) is -1.85. The Morgan fingerprint density at radius 3 is 2.06 bits per heavy atom. The van der Waals surface area contributed by atoms with Crippen LogP contribution < -0.4 is 14.1 Å². The van der Waals surface area contributed by atoms with Crippen LogP contribution in [0.1, 0.15) is 20.8 Å². The fraction of sp³-hybridized carbons (Fsp3) is 0.520. The highest BCUT2D eigenvalue weighted by Crippen LogP contribution is 2.37. The Balaban J connectivity index is 1.40. The van der Waals surface area contributed by atoms with Crippen molar-refractivity contribution in [2.45, 2.75) is 45.0 Å². The van der Waals surface area contributed by atoms with E-state index in [1.165, 1.54) is 5.69 Å². The smallest absolute Gasteiger partial charge is 0.250 e. The molecule has 1 saturated heterocycles. The molecule has 0 amide bonds. The third kappa shape index (κ3) is 6.88. The molecule has 1 atom stereocenters. The molecule has 0 aromatic heterocycles. The number of halogens is 1. The minimum absolute atomic E-state index is 0.159. The number of rotatable bonds is 8. The molecular weight excluding hydrogens is 440 g/mol. The van der Waals surface area contributed by atoms with Crippen LogP contribution in [0.4, 0.5) is 5.69 Å². The number of ether oxygens (including phenoxy) is 1. The van der Waals surface area contributed by atoms with Crippen molar-refractivity contribution in [1.29, 1.82) is 0 Å². The van der Waals surface area contributed by atoms with E-state index in [4.69, 9.17) is 20.8 Å². The minimum atomic E-state index is -1.85. The molecule has 5 nitrogen and oxygen atoms in total. The number of aliphatic hydroxyl groups excluding tert-OH is 1. The zero-order valence-corrected chi connectivity index (χ0v) is 21.7. The van der Waals surface area contributed by atoms with Gasteiger partial charge in [0, 0.05) is 43.4 Å². The molecule has 3 rings (SSSR count). The average Bonchev–Trinajstić information content (AvgIpc) is 2.73. The molecule has 1 unspecified atom stereocenters. The van der Waals surface area contributed by atoms with E-state index in [9.17, 15) is 5.11 Å². The summed E-state index contributed by atoms with van der Waals surface area (Å²) in [6, 6.07) is 15.7. The summed E-state index contributed by atoms with van der Waals surface area (Å²) in [6.45, 7) is 15.8. The summed E-state index contributed by atoms with van der Waals surface area (Å²) >= 11 is 5.98. The van der Waals surface area contributed by atoms with Crippen LogP contribution in [-0.2, 0) is 0 Å². The van der Waals surface area contributed by atoms with Crippen molar-refractivity contribution < 1.29 is 14.3 Å². The standard InChI is InChI=1S/C25H37ClN2O3Si/c1-25(2,3)32(4,5)31-24-12-10-23(11-13-24)30-19-22(29)18-27-14-16-28(17-15-27)21-8-6-20(26)7-9-21/h6-13,22,29H,14-19H2,1-5H3. The van der Waals surface area contributed by atoms with E-state index in [0.29, 0.717) is 6.54 Å². The monoisotopic (exact) mass is 476 g/mol. The van der Waals surface area contributed by atoms with Crippen LogP contribution in [0.15, 0.2) is 48.5 Å². The molecule has 0 radical (unpaired) electrons. The Bertz CT molecular complexity index is 845. The van der Waals surface area contributed by atoms with Gasteiger partial charge in [0.05, 0.1) is 0 Å². The molecular formula is C25H37ClN2O3Si. The summed E-state index contributed by atoms with van der Waals surface area (Å²) in [4.78, 5) is 4.64. The normalized spacial score (nSPS) is 16.7. The Morgan fingerprint density at radius 2 is 1.50 bits per heavy atom. The lowest BCUT2D eigenvalue weighted by Crippen LogP contribution is -2.49. The molecule has 0 saturated carbocycles. The predicted octanol–water partition coefficient (Wildman–Crippen LogP) is 5.29. The third-order valence-electron chi connectivity index (χ3n) is 6.48. The van der Waals surface area contributed by atoms with Gasteiger partial charge in [-0.2, -0.15) is 0 Å². The largest absolute Gasteiger partial charge is 0.543 e. The second-order valence-electron chi connectivity index (χ2n) is 10.1. The van der Waals surface area contributed by atoms with E-state index in [-0.39, 0.29) is 11.6 Å². The molecule has 1 aliphatic heterocycles. The quantitative estimate of drug-likeness (QED) is 0.524. The first-order valence-electron chi connectivity index (χ1n) is 11.4. The van der Waals surface area contributed by atoms with Gasteiger partial charge in [-0.05, 0) is 66.7 Å². The van der Waals surface area contributed by atoms with Gasteiger partial charge in [-0.1, -0.05) is 32.4 Å². The van der Waals surface area contributed by atoms with Crippen LogP contribution in [0, 0.1) is 0 Å². The van der Waals surface area contributed by atoms with Gasteiger partial charge in [-0.25, -0.2) is 0 Å². The van der Waals surface area contributed by atoms with Crippen molar-refractivity contribution in [2.24, 2.45) is 0 Å². The van der Waals surface area contributed by atoms with E-state index in [2.05, 4.69) is 55.8 Å². The Labute approximate surface area is 199 Å². The summed E-state index contributed by atoms with van der Waals surface area (Å²) in [5, 5.41) is 11.4. The molecule has 7 heteroatoms. The zero-order valence-electron chi connectivity index (χ0n) is 20.0. The number of aliphatic hydroxyl groups is 1. The first-order chi connectivity index (χ1) is 15.0. The first kappa shape index (κ1) is 24.9. The maximum Gasteiger partial charge on any atom is 0.250 e. The van der Waals surface area contributed by atoms with Crippen LogP contribution in [-0.4, -0.2) is 63.8 Å². The summed E-state index contributed by atoms with van der Waals surface area (Å²) in [5.41, 5.74) is 1.19. The fourth-order valence-corrected chi connectivity index (χ4v) is 4.59. The number of hydrogen-bond acceptors (Lipinski definition) is 5. The van der Waals surface area contributed by atoms with Gasteiger partial charge in [0.2, 0.25) is 8.32 Å². The second kappa shape index (κ2) is 10.5. The molecule has 2 aromatic carbocycles. The first-order valence-corrected chi connectivity index (χ1v) is 14.6. The highest BCUT2D eigenvalue weighted by Gasteiger charge is 2.38. The van der Waals surface area contributed by atoms with E-state index >= 15 is 0 Å². The molecule has 0 aliphatic carbocycles. The molecule has 176 valence electrons. The molecule has 1 aliphatic rings.